The number of carbonyl (C=O) groups is 2. The first-order valence-electron chi connectivity index (χ1n) is 7.21. The fraction of sp³-hybridized carbons (Fsp3) is 0.118. The molecule has 7 heteroatoms. The molecule has 7 nitrogen and oxygen atoms in total. The zero-order valence-corrected chi connectivity index (χ0v) is 12.7. The highest BCUT2D eigenvalue weighted by molar-refractivity contribution is 5.95. The Morgan fingerprint density at radius 1 is 1.08 bits per heavy atom. The number of rotatable bonds is 4. The molecule has 0 saturated heterocycles. The summed E-state index contributed by atoms with van der Waals surface area (Å²) in [6.45, 7) is 0.349. The van der Waals surface area contributed by atoms with Gasteiger partial charge >= 0.3 is 6.03 Å². The van der Waals surface area contributed by atoms with E-state index in [1.807, 2.05) is 12.1 Å². The van der Waals surface area contributed by atoms with Crippen LogP contribution in [0.2, 0.25) is 0 Å². The number of hydrogen-bond donors (Lipinski definition) is 4. The van der Waals surface area contributed by atoms with Crippen LogP contribution < -0.4 is 16.2 Å². The summed E-state index contributed by atoms with van der Waals surface area (Å²) < 4.78 is 0. The number of nitriles is 1. The fourth-order valence-electron chi connectivity index (χ4n) is 1.96. The molecule has 0 saturated carbocycles. The first kappa shape index (κ1) is 16.8. The molecule has 2 aromatic rings. The van der Waals surface area contributed by atoms with E-state index in [1.54, 1.807) is 18.2 Å². The third kappa shape index (κ3) is 5.03. The molecular formula is C17H16N4O3. The van der Waals surface area contributed by atoms with Crippen molar-refractivity contribution in [2.75, 3.05) is 6.54 Å². The number of phenolic OH excluding ortho intramolecular Hbond substituents is 1. The third-order valence-corrected chi connectivity index (χ3v) is 3.18. The number of nitrogens with zero attached hydrogens (tertiary/aromatic N) is 1. The highest BCUT2D eigenvalue weighted by atomic mass is 16.3. The zero-order valence-electron chi connectivity index (χ0n) is 12.7. The van der Waals surface area contributed by atoms with Crippen molar-refractivity contribution in [2.45, 2.75) is 6.42 Å². The van der Waals surface area contributed by atoms with Crippen LogP contribution in [0.1, 0.15) is 21.5 Å². The Balaban J connectivity index is 1.72. The normalized spacial score (nSPS) is 9.62. The minimum Gasteiger partial charge on any atom is -0.508 e. The average Bonchev–Trinajstić information content (AvgIpc) is 2.60. The van der Waals surface area contributed by atoms with Crippen molar-refractivity contribution in [1.82, 2.24) is 16.2 Å². The van der Waals surface area contributed by atoms with E-state index in [4.69, 9.17) is 5.26 Å². The molecular weight excluding hydrogens is 308 g/mol. The van der Waals surface area contributed by atoms with E-state index < -0.39 is 11.9 Å². The Labute approximate surface area is 138 Å². The van der Waals surface area contributed by atoms with Crippen LogP contribution in [0.25, 0.3) is 0 Å². The maximum atomic E-state index is 11.8. The molecule has 0 spiro atoms. The number of carbonyl (C=O) groups excluding carboxylic acids is 2. The van der Waals surface area contributed by atoms with Gasteiger partial charge in [-0.25, -0.2) is 10.2 Å². The Bertz CT molecular complexity index is 766. The second-order valence-corrected chi connectivity index (χ2v) is 4.94. The molecule has 0 aliphatic heterocycles. The molecule has 0 heterocycles. The van der Waals surface area contributed by atoms with Crippen LogP contribution >= 0.6 is 0 Å². The van der Waals surface area contributed by atoms with E-state index in [2.05, 4.69) is 16.2 Å². The van der Waals surface area contributed by atoms with Gasteiger partial charge in [0.15, 0.2) is 0 Å². The summed E-state index contributed by atoms with van der Waals surface area (Å²) in [4.78, 5) is 23.4. The molecule has 0 aliphatic carbocycles. The minimum atomic E-state index is -0.544. The zero-order chi connectivity index (χ0) is 17.4. The van der Waals surface area contributed by atoms with Crippen molar-refractivity contribution in [2.24, 2.45) is 0 Å². The van der Waals surface area contributed by atoms with E-state index in [-0.39, 0.29) is 5.75 Å². The number of hydrazine groups is 1. The number of hydrogen-bond acceptors (Lipinski definition) is 4. The van der Waals surface area contributed by atoms with Gasteiger partial charge in [-0.3, -0.25) is 10.2 Å². The summed E-state index contributed by atoms with van der Waals surface area (Å²) in [6.07, 6.45) is 0.547. The Morgan fingerprint density at radius 2 is 1.83 bits per heavy atom. The highest BCUT2D eigenvalue weighted by Gasteiger charge is 2.07. The molecule has 0 atom stereocenters. The van der Waals surface area contributed by atoms with E-state index >= 15 is 0 Å². The average molecular weight is 324 g/mol. The maximum absolute atomic E-state index is 11.8. The molecule has 122 valence electrons. The Kier molecular flexibility index (Phi) is 5.75. The fourth-order valence-corrected chi connectivity index (χ4v) is 1.96. The summed E-state index contributed by atoms with van der Waals surface area (Å²) in [7, 11) is 0. The van der Waals surface area contributed by atoms with E-state index in [0.717, 1.165) is 5.56 Å². The lowest BCUT2D eigenvalue weighted by Gasteiger charge is -2.09. The smallest absolute Gasteiger partial charge is 0.333 e. The molecule has 2 rings (SSSR count). The lowest BCUT2D eigenvalue weighted by molar-refractivity contribution is 0.0936. The van der Waals surface area contributed by atoms with Gasteiger partial charge in [-0.2, -0.15) is 5.26 Å². The standard InChI is InChI=1S/C17H16N4O3/c18-11-13-4-6-14(7-5-13)16(23)20-21-17(24)19-9-8-12-2-1-3-15(22)10-12/h1-7,10,22H,8-9H2,(H,20,23)(H2,19,21,24). The number of amides is 3. The molecule has 0 fully saturated rings. The second-order valence-electron chi connectivity index (χ2n) is 4.94. The number of aromatic hydroxyl groups is 1. The van der Waals surface area contributed by atoms with Crippen molar-refractivity contribution < 1.29 is 14.7 Å². The predicted molar refractivity (Wildman–Crippen MR) is 87.0 cm³/mol. The maximum Gasteiger partial charge on any atom is 0.333 e. The van der Waals surface area contributed by atoms with Gasteiger partial charge in [0.1, 0.15) is 5.75 Å². The first-order chi connectivity index (χ1) is 11.6. The van der Waals surface area contributed by atoms with Gasteiger partial charge in [0.2, 0.25) is 0 Å². The lowest BCUT2D eigenvalue weighted by Crippen LogP contribution is -2.47. The van der Waals surface area contributed by atoms with Crippen molar-refractivity contribution in [3.05, 3.63) is 65.2 Å². The SMILES string of the molecule is N#Cc1ccc(C(=O)NNC(=O)NCCc2cccc(O)c2)cc1. The molecule has 3 amide bonds. The van der Waals surface area contributed by atoms with E-state index in [9.17, 15) is 14.7 Å². The summed E-state index contributed by atoms with van der Waals surface area (Å²) >= 11 is 0. The summed E-state index contributed by atoms with van der Waals surface area (Å²) in [6, 6.07) is 14.2. The van der Waals surface area contributed by atoms with Crippen LogP contribution in [0.5, 0.6) is 5.75 Å². The number of phenols is 1. The largest absolute Gasteiger partial charge is 0.508 e. The van der Waals surface area contributed by atoms with Crippen molar-refractivity contribution in [3.8, 4) is 11.8 Å². The van der Waals surface area contributed by atoms with Crippen LogP contribution in [0, 0.1) is 11.3 Å². The van der Waals surface area contributed by atoms with Gasteiger partial charge < -0.3 is 10.4 Å². The highest BCUT2D eigenvalue weighted by Crippen LogP contribution is 2.10. The number of nitrogens with one attached hydrogen (secondary N) is 3. The molecule has 24 heavy (non-hydrogen) atoms. The number of benzene rings is 2. The van der Waals surface area contributed by atoms with Gasteiger partial charge in [-0.1, -0.05) is 12.1 Å². The van der Waals surface area contributed by atoms with Crippen LogP contribution in [0.3, 0.4) is 0 Å². The van der Waals surface area contributed by atoms with E-state index in [1.165, 1.54) is 24.3 Å². The molecule has 4 N–H and O–H groups in total. The van der Waals surface area contributed by atoms with Crippen LogP contribution in [-0.4, -0.2) is 23.6 Å². The molecule has 0 aliphatic rings. The first-order valence-corrected chi connectivity index (χ1v) is 7.21. The molecule has 2 aromatic carbocycles. The minimum absolute atomic E-state index is 0.173. The molecule has 0 radical (unpaired) electrons. The van der Waals surface area contributed by atoms with Gasteiger partial charge in [0, 0.05) is 12.1 Å². The van der Waals surface area contributed by atoms with Gasteiger partial charge in [-0.15, -0.1) is 0 Å². The van der Waals surface area contributed by atoms with Crippen molar-refractivity contribution >= 4 is 11.9 Å². The quantitative estimate of drug-likeness (QED) is 0.637. The van der Waals surface area contributed by atoms with Gasteiger partial charge in [-0.05, 0) is 48.4 Å². The molecule has 0 unspecified atom stereocenters. The third-order valence-electron chi connectivity index (χ3n) is 3.18. The topological polar surface area (TPSA) is 114 Å². The Hall–Kier alpha value is -3.53. The van der Waals surface area contributed by atoms with Gasteiger partial charge in [0.05, 0.1) is 11.6 Å². The lowest BCUT2D eigenvalue weighted by atomic mass is 10.1. The number of urea groups is 1. The monoisotopic (exact) mass is 324 g/mol. The van der Waals surface area contributed by atoms with Gasteiger partial charge in [0.25, 0.3) is 5.91 Å². The van der Waals surface area contributed by atoms with Crippen LogP contribution in [0.15, 0.2) is 48.5 Å². The molecule has 0 bridgehead atoms. The van der Waals surface area contributed by atoms with Crippen molar-refractivity contribution in [3.63, 3.8) is 0 Å². The summed E-state index contributed by atoms with van der Waals surface area (Å²) in [5.41, 5.74) is 6.18. The summed E-state index contributed by atoms with van der Waals surface area (Å²) in [5.74, 6) is -0.311. The van der Waals surface area contributed by atoms with Crippen LogP contribution in [-0.2, 0) is 6.42 Å². The predicted octanol–water partition coefficient (Wildman–Crippen LogP) is 1.45. The van der Waals surface area contributed by atoms with Crippen molar-refractivity contribution in [1.29, 1.82) is 5.26 Å². The Morgan fingerprint density at radius 3 is 2.50 bits per heavy atom. The van der Waals surface area contributed by atoms with Crippen LogP contribution in [0.4, 0.5) is 4.79 Å². The summed E-state index contributed by atoms with van der Waals surface area (Å²) in [5, 5.41) is 20.6. The molecule has 0 aromatic heterocycles. The van der Waals surface area contributed by atoms with E-state index in [0.29, 0.717) is 24.1 Å². The second kappa shape index (κ2) is 8.19.